The summed E-state index contributed by atoms with van der Waals surface area (Å²) in [5.41, 5.74) is 0. The van der Waals surface area contributed by atoms with Gasteiger partial charge in [-0.15, -0.1) is 0 Å². The third kappa shape index (κ3) is 1.50. The number of imidazole rings is 1. The summed E-state index contributed by atoms with van der Waals surface area (Å²) in [6.45, 7) is 5.08. The van der Waals surface area contributed by atoms with Crippen LogP contribution in [0.1, 0.15) is 19.7 Å². The summed E-state index contributed by atoms with van der Waals surface area (Å²) in [4.78, 5) is 7.28. The predicted molar refractivity (Wildman–Crippen MR) is 42.1 cm³/mol. The molecule has 1 aromatic heterocycles. The standard InChI is InChI=1S/C7H13N3/c1-3-6-9-5-7(10-6)8-4-2/h5,8H,3-4H2,1-2H3,(H,9,10). The summed E-state index contributed by atoms with van der Waals surface area (Å²) in [7, 11) is 0. The molecule has 1 aromatic rings. The summed E-state index contributed by atoms with van der Waals surface area (Å²) < 4.78 is 0. The first-order chi connectivity index (χ1) is 4.86. The van der Waals surface area contributed by atoms with Crippen LogP contribution in [0.5, 0.6) is 0 Å². The number of hydrogen-bond donors (Lipinski definition) is 2. The lowest BCUT2D eigenvalue weighted by Crippen LogP contribution is -1.96. The molecule has 1 rings (SSSR count). The van der Waals surface area contributed by atoms with Crippen LogP contribution in [0.2, 0.25) is 0 Å². The minimum absolute atomic E-state index is 0.936. The minimum atomic E-state index is 0.936. The van der Waals surface area contributed by atoms with Crippen molar-refractivity contribution in [1.82, 2.24) is 9.97 Å². The van der Waals surface area contributed by atoms with E-state index < -0.39 is 0 Å². The van der Waals surface area contributed by atoms with Crippen molar-refractivity contribution in [1.29, 1.82) is 0 Å². The molecule has 0 saturated carbocycles. The van der Waals surface area contributed by atoms with Crippen molar-refractivity contribution < 1.29 is 0 Å². The molecule has 0 aliphatic carbocycles. The van der Waals surface area contributed by atoms with Gasteiger partial charge in [-0.3, -0.25) is 0 Å². The number of nitrogens with zero attached hydrogens (tertiary/aromatic N) is 1. The molecule has 0 aliphatic heterocycles. The second-order valence-corrected chi connectivity index (χ2v) is 2.13. The van der Waals surface area contributed by atoms with Crippen LogP contribution < -0.4 is 5.32 Å². The summed E-state index contributed by atoms with van der Waals surface area (Å²) >= 11 is 0. The van der Waals surface area contributed by atoms with Gasteiger partial charge in [0.2, 0.25) is 0 Å². The van der Waals surface area contributed by atoms with E-state index in [2.05, 4.69) is 29.1 Å². The van der Waals surface area contributed by atoms with Crippen LogP contribution in [-0.2, 0) is 6.42 Å². The lowest BCUT2D eigenvalue weighted by molar-refractivity contribution is 0.988. The fourth-order valence-electron chi connectivity index (χ4n) is 0.822. The molecule has 0 unspecified atom stereocenters. The SMILES string of the molecule is CCNc1cnc(CC)[nH]1. The van der Waals surface area contributed by atoms with Crippen molar-refractivity contribution in [2.75, 3.05) is 11.9 Å². The quantitative estimate of drug-likeness (QED) is 0.664. The molecule has 0 atom stereocenters. The highest BCUT2D eigenvalue weighted by molar-refractivity contribution is 5.31. The van der Waals surface area contributed by atoms with Gasteiger partial charge in [0.25, 0.3) is 0 Å². The third-order valence-electron chi connectivity index (χ3n) is 1.33. The molecular formula is C7H13N3. The Hall–Kier alpha value is -0.990. The molecule has 0 spiro atoms. The van der Waals surface area contributed by atoms with Gasteiger partial charge in [0.1, 0.15) is 11.6 Å². The zero-order valence-corrected chi connectivity index (χ0v) is 6.44. The van der Waals surface area contributed by atoms with Gasteiger partial charge in [0.15, 0.2) is 0 Å². The highest BCUT2D eigenvalue weighted by atomic mass is 15.0. The number of hydrogen-bond acceptors (Lipinski definition) is 2. The first-order valence-electron chi connectivity index (χ1n) is 3.64. The van der Waals surface area contributed by atoms with Gasteiger partial charge in [-0.05, 0) is 6.92 Å². The Balaban J connectivity index is 2.59. The highest BCUT2D eigenvalue weighted by Gasteiger charge is 1.94. The molecule has 1 heterocycles. The largest absolute Gasteiger partial charge is 0.371 e. The van der Waals surface area contributed by atoms with E-state index in [4.69, 9.17) is 0 Å². The lowest BCUT2D eigenvalue weighted by Gasteiger charge is -1.94. The van der Waals surface area contributed by atoms with E-state index in [1.54, 1.807) is 0 Å². The smallest absolute Gasteiger partial charge is 0.123 e. The average Bonchev–Trinajstić information content (AvgIpc) is 2.37. The molecule has 56 valence electrons. The molecule has 0 saturated heterocycles. The molecule has 0 amide bonds. The van der Waals surface area contributed by atoms with Crippen molar-refractivity contribution in [3.8, 4) is 0 Å². The van der Waals surface area contributed by atoms with E-state index in [1.165, 1.54) is 0 Å². The summed E-state index contributed by atoms with van der Waals surface area (Å²) in [6, 6.07) is 0. The first-order valence-corrected chi connectivity index (χ1v) is 3.64. The van der Waals surface area contributed by atoms with Crippen LogP contribution in [0.3, 0.4) is 0 Å². The highest BCUT2D eigenvalue weighted by Crippen LogP contribution is 2.01. The average molecular weight is 139 g/mol. The molecule has 3 heteroatoms. The Bertz CT molecular complexity index is 192. The molecule has 0 aromatic carbocycles. The van der Waals surface area contributed by atoms with Gasteiger partial charge in [0, 0.05) is 13.0 Å². The summed E-state index contributed by atoms with van der Waals surface area (Å²) in [5, 5.41) is 3.14. The van der Waals surface area contributed by atoms with E-state index >= 15 is 0 Å². The second kappa shape index (κ2) is 3.25. The van der Waals surface area contributed by atoms with E-state index in [0.29, 0.717) is 0 Å². The van der Waals surface area contributed by atoms with Crippen molar-refractivity contribution >= 4 is 5.82 Å². The van der Waals surface area contributed by atoms with Gasteiger partial charge in [-0.2, -0.15) is 0 Å². The fourth-order valence-corrected chi connectivity index (χ4v) is 0.822. The fraction of sp³-hybridized carbons (Fsp3) is 0.571. The van der Waals surface area contributed by atoms with E-state index in [1.807, 2.05) is 6.20 Å². The molecular weight excluding hydrogens is 126 g/mol. The van der Waals surface area contributed by atoms with Crippen LogP contribution in [0.4, 0.5) is 5.82 Å². The van der Waals surface area contributed by atoms with Crippen LogP contribution >= 0.6 is 0 Å². The van der Waals surface area contributed by atoms with Crippen molar-refractivity contribution in [3.63, 3.8) is 0 Å². The van der Waals surface area contributed by atoms with Gasteiger partial charge in [-0.25, -0.2) is 4.98 Å². The topological polar surface area (TPSA) is 40.7 Å². The van der Waals surface area contributed by atoms with Gasteiger partial charge >= 0.3 is 0 Å². The van der Waals surface area contributed by atoms with E-state index in [9.17, 15) is 0 Å². The van der Waals surface area contributed by atoms with Gasteiger partial charge < -0.3 is 10.3 Å². The Morgan fingerprint density at radius 2 is 2.40 bits per heavy atom. The van der Waals surface area contributed by atoms with Gasteiger partial charge in [-0.1, -0.05) is 6.92 Å². The van der Waals surface area contributed by atoms with Crippen molar-refractivity contribution in [2.24, 2.45) is 0 Å². The number of nitrogens with one attached hydrogen (secondary N) is 2. The molecule has 3 nitrogen and oxygen atoms in total. The Morgan fingerprint density at radius 1 is 1.60 bits per heavy atom. The van der Waals surface area contributed by atoms with Crippen molar-refractivity contribution in [2.45, 2.75) is 20.3 Å². The van der Waals surface area contributed by atoms with E-state index in [-0.39, 0.29) is 0 Å². The number of anilines is 1. The molecule has 0 bridgehead atoms. The molecule has 0 radical (unpaired) electrons. The Morgan fingerprint density at radius 3 is 2.90 bits per heavy atom. The summed E-state index contributed by atoms with van der Waals surface area (Å²) in [6.07, 6.45) is 2.79. The summed E-state index contributed by atoms with van der Waals surface area (Å²) in [5.74, 6) is 2.05. The van der Waals surface area contributed by atoms with E-state index in [0.717, 1.165) is 24.6 Å². The molecule has 0 fully saturated rings. The number of H-pyrrole nitrogens is 1. The molecule has 10 heavy (non-hydrogen) atoms. The second-order valence-electron chi connectivity index (χ2n) is 2.13. The maximum atomic E-state index is 4.14. The zero-order chi connectivity index (χ0) is 7.40. The van der Waals surface area contributed by atoms with Gasteiger partial charge in [0.05, 0.1) is 6.20 Å². The normalized spacial score (nSPS) is 9.80. The third-order valence-corrected chi connectivity index (χ3v) is 1.33. The van der Waals surface area contributed by atoms with Crippen LogP contribution in [0, 0.1) is 0 Å². The number of aromatic nitrogens is 2. The minimum Gasteiger partial charge on any atom is -0.371 e. The molecule has 2 N–H and O–H groups in total. The van der Waals surface area contributed by atoms with Crippen LogP contribution in [0.25, 0.3) is 0 Å². The van der Waals surface area contributed by atoms with Crippen LogP contribution in [-0.4, -0.2) is 16.5 Å². The zero-order valence-electron chi connectivity index (χ0n) is 6.44. The van der Waals surface area contributed by atoms with Crippen molar-refractivity contribution in [3.05, 3.63) is 12.0 Å². The first kappa shape index (κ1) is 7.12. The lowest BCUT2D eigenvalue weighted by atomic mass is 10.5. The predicted octanol–water partition coefficient (Wildman–Crippen LogP) is 1.40. The number of aryl methyl sites for hydroxylation is 1. The van der Waals surface area contributed by atoms with Crippen LogP contribution in [0.15, 0.2) is 6.20 Å². The monoisotopic (exact) mass is 139 g/mol. The maximum absolute atomic E-state index is 4.14. The number of rotatable bonds is 3. The Labute approximate surface area is 60.9 Å². The number of aromatic amines is 1. The maximum Gasteiger partial charge on any atom is 0.123 e. The molecule has 0 aliphatic rings. The Kier molecular flexibility index (Phi) is 2.31.